The molecule has 0 aliphatic carbocycles. The second kappa shape index (κ2) is 59.1. The molecule has 408 valence electrons. The molecule has 0 bridgehead atoms. The normalized spacial score (nSPS) is 13.0. The Morgan fingerprint density at radius 2 is 0.714 bits per heavy atom. The van der Waals surface area contributed by atoms with Crippen LogP contribution in [0.5, 0.6) is 0 Å². The number of allylic oxidation sites excluding steroid dienone is 8. The first-order valence-electron chi connectivity index (χ1n) is 30.6. The molecular formula is C64H117NO5. The summed E-state index contributed by atoms with van der Waals surface area (Å²) < 4.78 is 5.43. The van der Waals surface area contributed by atoms with E-state index < -0.39 is 12.1 Å². The van der Waals surface area contributed by atoms with Gasteiger partial charge in [0.2, 0.25) is 5.91 Å². The summed E-state index contributed by atoms with van der Waals surface area (Å²) in [7, 11) is 0. The van der Waals surface area contributed by atoms with Crippen LogP contribution in [0.2, 0.25) is 0 Å². The molecule has 0 aromatic carbocycles. The van der Waals surface area contributed by atoms with Crippen LogP contribution in [0.15, 0.2) is 60.8 Å². The summed E-state index contributed by atoms with van der Waals surface area (Å²) in [6.07, 6.45) is 77.0. The van der Waals surface area contributed by atoms with Crippen molar-refractivity contribution in [2.75, 3.05) is 13.2 Å². The second-order valence-corrected chi connectivity index (χ2v) is 20.7. The van der Waals surface area contributed by atoms with Crippen molar-refractivity contribution in [2.24, 2.45) is 0 Å². The third kappa shape index (κ3) is 54.9. The van der Waals surface area contributed by atoms with Crippen molar-refractivity contribution >= 4 is 11.9 Å². The molecule has 0 heterocycles. The smallest absolute Gasteiger partial charge is 0.305 e. The maximum atomic E-state index is 12.4. The van der Waals surface area contributed by atoms with E-state index in [-0.39, 0.29) is 18.5 Å². The summed E-state index contributed by atoms with van der Waals surface area (Å²) in [6, 6.07) is -0.632. The molecule has 3 N–H and O–H groups in total. The molecule has 0 aromatic heterocycles. The molecule has 0 rings (SSSR count). The third-order valence-electron chi connectivity index (χ3n) is 13.8. The van der Waals surface area contributed by atoms with E-state index in [1.165, 1.54) is 225 Å². The van der Waals surface area contributed by atoms with E-state index in [0.717, 1.165) is 57.8 Å². The number of carbonyl (C=O) groups is 2. The Labute approximate surface area is 435 Å². The molecule has 0 saturated heterocycles. The number of carbonyl (C=O) groups excluding carboxylic acids is 2. The molecule has 70 heavy (non-hydrogen) atoms. The lowest BCUT2D eigenvalue weighted by molar-refractivity contribution is -0.143. The Hall–Kier alpha value is -2.44. The summed E-state index contributed by atoms with van der Waals surface area (Å²) in [5, 5.41) is 23.1. The van der Waals surface area contributed by atoms with Gasteiger partial charge in [-0.3, -0.25) is 9.59 Å². The summed E-state index contributed by atoms with van der Waals surface area (Å²) in [4.78, 5) is 24.5. The summed E-state index contributed by atoms with van der Waals surface area (Å²) in [6.45, 7) is 4.76. The summed E-state index contributed by atoms with van der Waals surface area (Å²) in [5.41, 5.74) is 0. The zero-order valence-electron chi connectivity index (χ0n) is 46.5. The Bertz CT molecular complexity index is 1220. The molecule has 0 radical (unpaired) electrons. The van der Waals surface area contributed by atoms with Gasteiger partial charge in [0.05, 0.1) is 25.4 Å². The monoisotopic (exact) mass is 980 g/mol. The van der Waals surface area contributed by atoms with Gasteiger partial charge in [0, 0.05) is 12.8 Å². The van der Waals surface area contributed by atoms with Gasteiger partial charge >= 0.3 is 5.97 Å². The zero-order chi connectivity index (χ0) is 50.7. The summed E-state index contributed by atoms with van der Waals surface area (Å²) >= 11 is 0. The minimum Gasteiger partial charge on any atom is -0.465 e. The van der Waals surface area contributed by atoms with Crippen LogP contribution < -0.4 is 5.32 Å². The number of amides is 1. The van der Waals surface area contributed by atoms with Gasteiger partial charge in [0.25, 0.3) is 0 Å². The summed E-state index contributed by atoms with van der Waals surface area (Å²) in [5.74, 6) is -0.114. The Morgan fingerprint density at radius 3 is 1.11 bits per heavy atom. The lowest BCUT2D eigenvalue weighted by atomic mass is 10.0. The van der Waals surface area contributed by atoms with Crippen LogP contribution in [0.3, 0.4) is 0 Å². The molecule has 6 heteroatoms. The van der Waals surface area contributed by atoms with E-state index in [9.17, 15) is 19.8 Å². The number of aliphatic hydroxyl groups excluding tert-OH is 2. The zero-order valence-corrected chi connectivity index (χ0v) is 46.5. The topological polar surface area (TPSA) is 95.9 Å². The Balaban J connectivity index is 3.47. The largest absolute Gasteiger partial charge is 0.465 e. The Morgan fingerprint density at radius 1 is 0.400 bits per heavy atom. The van der Waals surface area contributed by atoms with E-state index in [2.05, 4.69) is 67.8 Å². The molecule has 0 aromatic rings. The van der Waals surface area contributed by atoms with E-state index in [4.69, 9.17) is 4.74 Å². The number of rotatable bonds is 56. The maximum Gasteiger partial charge on any atom is 0.305 e. The number of esters is 1. The van der Waals surface area contributed by atoms with Gasteiger partial charge in [0.15, 0.2) is 0 Å². The van der Waals surface area contributed by atoms with Crippen LogP contribution in [0.4, 0.5) is 0 Å². The predicted molar refractivity (Wildman–Crippen MR) is 305 cm³/mol. The number of nitrogens with one attached hydrogen (secondary N) is 1. The minimum absolute atomic E-state index is 0.0402. The molecule has 0 fully saturated rings. The number of ether oxygens (including phenoxy) is 1. The van der Waals surface area contributed by atoms with Gasteiger partial charge in [-0.05, 0) is 83.5 Å². The standard InChI is InChI=1S/C64H117NO5/c1-3-5-7-9-11-13-15-17-18-19-23-27-30-34-38-42-46-50-54-58-64(69)70-59-55-51-47-43-39-35-31-28-25-22-20-21-24-26-29-33-37-41-45-49-53-57-63(68)65-61(60-66)62(67)56-52-48-44-40-36-32-16-14-12-10-8-6-4-2/h11,13,17-18,35,39,47,51-52,56,61-62,66-67H,3-10,12,14-16,19-34,36-38,40-46,48-50,53-55,57-60H2,1-2H3,(H,65,68)/b13-11-,18-17-,39-35-,51-47-,56-52+. The van der Waals surface area contributed by atoms with E-state index >= 15 is 0 Å². The van der Waals surface area contributed by atoms with Crippen molar-refractivity contribution < 1.29 is 24.5 Å². The van der Waals surface area contributed by atoms with Crippen LogP contribution in [-0.4, -0.2) is 47.4 Å². The first-order valence-corrected chi connectivity index (χ1v) is 30.6. The molecule has 0 spiro atoms. The maximum absolute atomic E-state index is 12.4. The molecular weight excluding hydrogens is 863 g/mol. The predicted octanol–water partition coefficient (Wildman–Crippen LogP) is 19.1. The fourth-order valence-electron chi connectivity index (χ4n) is 9.09. The molecule has 2 unspecified atom stereocenters. The molecule has 0 saturated carbocycles. The van der Waals surface area contributed by atoms with Crippen molar-refractivity contribution in [2.45, 2.75) is 321 Å². The van der Waals surface area contributed by atoms with E-state index in [1.54, 1.807) is 6.08 Å². The van der Waals surface area contributed by atoms with Crippen LogP contribution in [-0.2, 0) is 14.3 Å². The number of hydrogen-bond donors (Lipinski definition) is 3. The quantitative estimate of drug-likeness (QED) is 0.0321. The molecule has 2 atom stereocenters. The molecule has 0 aliphatic heterocycles. The first kappa shape index (κ1) is 67.6. The minimum atomic E-state index is -0.848. The van der Waals surface area contributed by atoms with Gasteiger partial charge < -0.3 is 20.3 Å². The number of hydrogen-bond acceptors (Lipinski definition) is 5. The lowest BCUT2D eigenvalue weighted by Crippen LogP contribution is -2.45. The van der Waals surface area contributed by atoms with Crippen LogP contribution in [0.25, 0.3) is 0 Å². The fraction of sp³-hybridized carbons (Fsp3) is 0.812. The van der Waals surface area contributed by atoms with Crippen LogP contribution >= 0.6 is 0 Å². The fourth-order valence-corrected chi connectivity index (χ4v) is 9.09. The van der Waals surface area contributed by atoms with Gasteiger partial charge in [0.1, 0.15) is 0 Å². The van der Waals surface area contributed by atoms with Crippen molar-refractivity contribution in [1.82, 2.24) is 5.32 Å². The molecule has 0 aliphatic rings. The van der Waals surface area contributed by atoms with Gasteiger partial charge in [-0.2, -0.15) is 0 Å². The van der Waals surface area contributed by atoms with Gasteiger partial charge in [-0.15, -0.1) is 0 Å². The first-order chi connectivity index (χ1) is 34.5. The molecule has 6 nitrogen and oxygen atoms in total. The van der Waals surface area contributed by atoms with E-state index in [0.29, 0.717) is 19.4 Å². The number of unbranched alkanes of at least 4 members (excludes halogenated alkanes) is 37. The third-order valence-corrected chi connectivity index (χ3v) is 13.8. The van der Waals surface area contributed by atoms with Crippen LogP contribution in [0, 0.1) is 0 Å². The molecule has 1 amide bonds. The van der Waals surface area contributed by atoms with E-state index in [1.807, 2.05) is 6.08 Å². The van der Waals surface area contributed by atoms with Crippen molar-refractivity contribution in [3.05, 3.63) is 60.8 Å². The highest BCUT2D eigenvalue weighted by Crippen LogP contribution is 2.16. The van der Waals surface area contributed by atoms with Crippen molar-refractivity contribution in [3.8, 4) is 0 Å². The highest BCUT2D eigenvalue weighted by Gasteiger charge is 2.18. The lowest BCUT2D eigenvalue weighted by Gasteiger charge is -2.20. The number of aliphatic hydroxyl groups is 2. The van der Waals surface area contributed by atoms with Crippen LogP contribution in [0.1, 0.15) is 309 Å². The second-order valence-electron chi connectivity index (χ2n) is 20.7. The Kier molecular flexibility index (Phi) is 57.1. The SMILES string of the molecule is CCCCC/C=C\C/C=C\CCCCCCCCCCCC(=O)OCC/C=C\C/C=C\CCCCCCCCCCCCCCCCC(=O)NC(CO)C(O)/C=C/CCCCCCCCCCCCC. The average Bonchev–Trinajstić information content (AvgIpc) is 3.36. The van der Waals surface area contributed by atoms with Crippen molar-refractivity contribution in [3.63, 3.8) is 0 Å². The highest BCUT2D eigenvalue weighted by atomic mass is 16.5. The van der Waals surface area contributed by atoms with Gasteiger partial charge in [-0.1, -0.05) is 274 Å². The highest BCUT2D eigenvalue weighted by molar-refractivity contribution is 5.76. The van der Waals surface area contributed by atoms with Gasteiger partial charge in [-0.25, -0.2) is 0 Å². The average molecular weight is 981 g/mol. The van der Waals surface area contributed by atoms with Crippen molar-refractivity contribution in [1.29, 1.82) is 0 Å².